The lowest BCUT2D eigenvalue weighted by atomic mass is 9.69. The van der Waals surface area contributed by atoms with E-state index in [4.69, 9.17) is 21.1 Å². The van der Waals surface area contributed by atoms with Crippen molar-refractivity contribution < 1.29 is 22.7 Å². The summed E-state index contributed by atoms with van der Waals surface area (Å²) in [6.07, 6.45) is 9.74. The van der Waals surface area contributed by atoms with Gasteiger partial charge in [-0.05, 0) is 97.9 Å². The lowest BCUT2D eigenvalue weighted by Crippen LogP contribution is -2.48. The van der Waals surface area contributed by atoms with Gasteiger partial charge in [-0.25, -0.2) is 13.1 Å². The number of allylic oxidation sites excluding steroid dienone is 3. The molecule has 1 spiro atoms. The van der Waals surface area contributed by atoms with Crippen molar-refractivity contribution in [2.75, 3.05) is 37.8 Å². The number of anilines is 1. The van der Waals surface area contributed by atoms with Crippen LogP contribution in [0, 0.1) is 11.8 Å². The largest absolute Gasteiger partial charge is 0.490 e. The first-order valence-electron chi connectivity index (χ1n) is 15.1. The standard InChI is InChI=1S/C34H41ClN2O5S/c1-4-8-24(5-2)17-33(38)36-43(39,40)29-13-15-32-31(19-29)37(20-26-10-11-27(26)21-41-6-3)22-34(23-42-32)16-7-9-25-18-28(35)12-14-30(25)34/h4-5,8,12-15,18-19,26-27H,1-2,6-7,9-11,16-17,20-23H2,3H3,(H,36,38)/b24-8+/t26-,27-,34-/m0/s1. The normalized spacial score (nSPS) is 23.3. The maximum atomic E-state index is 13.4. The molecule has 1 N–H and O–H groups in total. The number of sulfonamides is 1. The predicted molar refractivity (Wildman–Crippen MR) is 171 cm³/mol. The van der Waals surface area contributed by atoms with Crippen molar-refractivity contribution in [3.8, 4) is 5.75 Å². The fourth-order valence-electron chi connectivity index (χ4n) is 6.69. The summed E-state index contributed by atoms with van der Waals surface area (Å²) in [4.78, 5) is 15.0. The Hall–Kier alpha value is -3.07. The van der Waals surface area contributed by atoms with E-state index in [1.54, 1.807) is 18.2 Å². The van der Waals surface area contributed by atoms with E-state index in [0.29, 0.717) is 42.9 Å². The second-order valence-corrected chi connectivity index (χ2v) is 14.0. The molecule has 2 aromatic carbocycles. The van der Waals surface area contributed by atoms with Gasteiger partial charge in [0.1, 0.15) is 5.75 Å². The number of carbonyl (C=O) groups is 1. The number of hydrogen-bond acceptors (Lipinski definition) is 6. The maximum Gasteiger partial charge on any atom is 0.264 e. The number of carbonyl (C=O) groups excluding carboxylic acids is 1. The Kier molecular flexibility index (Phi) is 9.69. The Bertz CT molecular complexity index is 1520. The molecule has 5 rings (SSSR count). The fourth-order valence-corrected chi connectivity index (χ4v) is 7.89. The summed E-state index contributed by atoms with van der Waals surface area (Å²) in [6, 6.07) is 11.0. The molecule has 0 aromatic heterocycles. The summed E-state index contributed by atoms with van der Waals surface area (Å²) < 4.78 is 41.3. The number of hydrogen-bond donors (Lipinski definition) is 1. The van der Waals surface area contributed by atoms with Gasteiger partial charge in [0.15, 0.2) is 0 Å². The van der Waals surface area contributed by atoms with Crippen LogP contribution in [0.1, 0.15) is 50.2 Å². The van der Waals surface area contributed by atoms with Gasteiger partial charge in [-0.1, -0.05) is 49.1 Å². The molecule has 0 unspecified atom stereocenters. The summed E-state index contributed by atoms with van der Waals surface area (Å²) in [5.74, 6) is 0.902. The van der Waals surface area contributed by atoms with Gasteiger partial charge < -0.3 is 14.4 Å². The van der Waals surface area contributed by atoms with Crippen LogP contribution in [-0.4, -0.2) is 47.2 Å². The van der Waals surface area contributed by atoms with E-state index in [1.165, 1.54) is 29.3 Å². The van der Waals surface area contributed by atoms with Crippen LogP contribution in [0.5, 0.6) is 5.75 Å². The van der Waals surface area contributed by atoms with Crippen molar-refractivity contribution in [3.63, 3.8) is 0 Å². The first-order chi connectivity index (χ1) is 20.7. The monoisotopic (exact) mass is 624 g/mol. The molecule has 2 aliphatic carbocycles. The van der Waals surface area contributed by atoms with Crippen molar-refractivity contribution in [2.45, 2.75) is 55.8 Å². The van der Waals surface area contributed by atoms with Crippen molar-refractivity contribution in [1.29, 1.82) is 0 Å². The average molecular weight is 625 g/mol. The van der Waals surface area contributed by atoms with Crippen molar-refractivity contribution in [1.82, 2.24) is 4.72 Å². The molecule has 1 aliphatic heterocycles. The first-order valence-corrected chi connectivity index (χ1v) is 16.9. The predicted octanol–water partition coefficient (Wildman–Crippen LogP) is 6.37. The lowest BCUT2D eigenvalue weighted by Gasteiger charge is -2.44. The molecule has 1 fully saturated rings. The van der Waals surface area contributed by atoms with E-state index in [2.05, 4.69) is 34.9 Å². The Morgan fingerprint density at radius 3 is 2.74 bits per heavy atom. The number of fused-ring (bicyclic) bond motifs is 3. The highest BCUT2D eigenvalue weighted by molar-refractivity contribution is 7.90. The van der Waals surface area contributed by atoms with Crippen LogP contribution >= 0.6 is 11.6 Å². The molecule has 230 valence electrons. The van der Waals surface area contributed by atoms with E-state index in [-0.39, 0.29) is 16.7 Å². The number of benzene rings is 2. The topological polar surface area (TPSA) is 84.9 Å². The van der Waals surface area contributed by atoms with Crippen LogP contribution in [0.4, 0.5) is 5.69 Å². The van der Waals surface area contributed by atoms with E-state index in [1.807, 2.05) is 13.0 Å². The summed E-state index contributed by atoms with van der Waals surface area (Å²) >= 11 is 6.39. The number of aryl methyl sites for hydroxylation is 1. The van der Waals surface area contributed by atoms with Gasteiger partial charge in [0.25, 0.3) is 10.0 Å². The van der Waals surface area contributed by atoms with Crippen LogP contribution in [0.2, 0.25) is 5.02 Å². The molecule has 3 atom stereocenters. The number of amides is 1. The van der Waals surface area contributed by atoms with Crippen LogP contribution in [0.15, 0.2) is 78.3 Å². The number of ether oxygens (including phenoxy) is 2. The minimum absolute atomic E-state index is 0.0207. The number of nitrogens with one attached hydrogen (secondary N) is 1. The molecule has 3 aliphatic rings. The van der Waals surface area contributed by atoms with Crippen LogP contribution in [-0.2, 0) is 31.4 Å². The third-order valence-electron chi connectivity index (χ3n) is 9.09. The lowest BCUT2D eigenvalue weighted by molar-refractivity contribution is -0.118. The van der Waals surface area contributed by atoms with Crippen molar-refractivity contribution in [3.05, 3.63) is 89.5 Å². The molecule has 43 heavy (non-hydrogen) atoms. The third-order valence-corrected chi connectivity index (χ3v) is 10.7. The number of rotatable bonds is 11. The Morgan fingerprint density at radius 1 is 1.21 bits per heavy atom. The molecule has 1 amide bonds. The molecule has 1 saturated carbocycles. The summed E-state index contributed by atoms with van der Waals surface area (Å²) in [7, 11) is -4.13. The van der Waals surface area contributed by atoms with Crippen molar-refractivity contribution in [2.24, 2.45) is 11.8 Å². The average Bonchev–Trinajstić information content (AvgIpc) is 3.12. The van der Waals surface area contributed by atoms with Crippen LogP contribution < -0.4 is 14.4 Å². The van der Waals surface area contributed by atoms with Crippen LogP contribution in [0.3, 0.4) is 0 Å². The van der Waals surface area contributed by atoms with Gasteiger partial charge in [-0.15, -0.1) is 0 Å². The van der Waals surface area contributed by atoms with E-state index in [9.17, 15) is 13.2 Å². The number of halogens is 1. The second-order valence-electron chi connectivity index (χ2n) is 11.9. The highest BCUT2D eigenvalue weighted by atomic mass is 35.5. The molecular weight excluding hydrogens is 584 g/mol. The molecule has 0 bridgehead atoms. The summed E-state index contributed by atoms with van der Waals surface area (Å²) in [6.45, 7) is 12.7. The molecular formula is C34H41ClN2O5S. The molecule has 9 heteroatoms. The van der Waals surface area contributed by atoms with Gasteiger partial charge in [0.2, 0.25) is 5.91 Å². The van der Waals surface area contributed by atoms with E-state index in [0.717, 1.165) is 56.0 Å². The van der Waals surface area contributed by atoms with Gasteiger partial charge in [0.05, 0.1) is 23.6 Å². The SMILES string of the molecule is C=C/C=C(\C=C)CC(=O)NS(=O)(=O)c1ccc2c(c1)N(C[C@@H]1CC[C@H]1COCC)C[C@@]1(CCCc3cc(Cl)ccc31)CO2. The van der Waals surface area contributed by atoms with E-state index < -0.39 is 15.9 Å². The van der Waals surface area contributed by atoms with Crippen molar-refractivity contribution >= 4 is 33.2 Å². The molecule has 0 radical (unpaired) electrons. The molecule has 0 saturated heterocycles. The second kappa shape index (κ2) is 13.3. The van der Waals surface area contributed by atoms with Gasteiger partial charge in [0, 0.05) is 36.7 Å². The zero-order valence-corrected chi connectivity index (χ0v) is 26.4. The summed E-state index contributed by atoms with van der Waals surface area (Å²) in [5.41, 5.74) is 3.55. The first kappa shape index (κ1) is 31.4. The molecule has 2 aromatic rings. The highest BCUT2D eigenvalue weighted by Gasteiger charge is 2.43. The Balaban J connectivity index is 1.48. The zero-order valence-electron chi connectivity index (χ0n) is 24.8. The van der Waals surface area contributed by atoms with Gasteiger partial charge >= 0.3 is 0 Å². The van der Waals surface area contributed by atoms with Gasteiger partial charge in [-0.3, -0.25) is 4.79 Å². The highest BCUT2D eigenvalue weighted by Crippen LogP contribution is 2.46. The Morgan fingerprint density at radius 2 is 2.02 bits per heavy atom. The number of nitrogens with zero attached hydrogens (tertiary/aromatic N) is 1. The fraction of sp³-hybridized carbons (Fsp3) is 0.441. The quantitative estimate of drug-likeness (QED) is 0.293. The zero-order chi connectivity index (χ0) is 30.6. The minimum atomic E-state index is -4.13. The Labute approximate surface area is 260 Å². The third kappa shape index (κ3) is 6.87. The molecule has 1 heterocycles. The van der Waals surface area contributed by atoms with Crippen LogP contribution in [0.25, 0.3) is 0 Å². The van der Waals surface area contributed by atoms with Gasteiger partial charge in [-0.2, -0.15) is 0 Å². The summed E-state index contributed by atoms with van der Waals surface area (Å²) in [5, 5.41) is 0.732. The minimum Gasteiger partial charge on any atom is -0.490 e. The molecule has 7 nitrogen and oxygen atoms in total. The maximum absolute atomic E-state index is 13.4. The smallest absolute Gasteiger partial charge is 0.264 e. The van der Waals surface area contributed by atoms with E-state index >= 15 is 0 Å².